The number of benzene rings is 2. The standard InChI is InChI=1S/C19H20ClFN2O/c20-16-5-6-17(18(21)11-16)14-1-3-15(4-2-14)19(24)23-9-7-13(12-22)8-10-23/h1-6,11,13H,7-10,12,22H2. The minimum Gasteiger partial charge on any atom is -0.339 e. The van der Waals surface area contributed by atoms with Crippen LogP contribution in [0.4, 0.5) is 4.39 Å². The van der Waals surface area contributed by atoms with Crippen LogP contribution < -0.4 is 5.73 Å². The van der Waals surface area contributed by atoms with Gasteiger partial charge in [-0.05, 0) is 61.2 Å². The number of nitrogens with zero attached hydrogens (tertiary/aromatic N) is 1. The molecule has 24 heavy (non-hydrogen) atoms. The fourth-order valence-corrected chi connectivity index (χ4v) is 3.23. The van der Waals surface area contributed by atoms with Gasteiger partial charge >= 0.3 is 0 Å². The molecule has 3 nitrogen and oxygen atoms in total. The highest BCUT2D eigenvalue weighted by atomic mass is 35.5. The van der Waals surface area contributed by atoms with E-state index in [0.717, 1.165) is 31.5 Å². The summed E-state index contributed by atoms with van der Waals surface area (Å²) in [5, 5.41) is 0.365. The molecule has 2 aromatic rings. The second-order valence-electron chi connectivity index (χ2n) is 6.17. The van der Waals surface area contributed by atoms with Crippen molar-refractivity contribution < 1.29 is 9.18 Å². The first-order chi connectivity index (χ1) is 11.6. The number of hydrogen-bond acceptors (Lipinski definition) is 2. The molecular weight excluding hydrogens is 327 g/mol. The van der Waals surface area contributed by atoms with Gasteiger partial charge in [-0.2, -0.15) is 0 Å². The van der Waals surface area contributed by atoms with Crippen molar-refractivity contribution >= 4 is 17.5 Å². The van der Waals surface area contributed by atoms with Gasteiger partial charge < -0.3 is 10.6 Å². The summed E-state index contributed by atoms with van der Waals surface area (Å²) in [7, 11) is 0. The Morgan fingerprint density at radius 2 is 1.83 bits per heavy atom. The van der Waals surface area contributed by atoms with Crippen molar-refractivity contribution in [1.29, 1.82) is 0 Å². The largest absolute Gasteiger partial charge is 0.339 e. The van der Waals surface area contributed by atoms with Crippen LogP contribution >= 0.6 is 11.6 Å². The molecule has 0 spiro atoms. The summed E-state index contributed by atoms with van der Waals surface area (Å²) < 4.78 is 14.0. The molecule has 1 aliphatic heterocycles. The molecule has 3 rings (SSSR count). The fraction of sp³-hybridized carbons (Fsp3) is 0.316. The van der Waals surface area contributed by atoms with Gasteiger partial charge in [0.2, 0.25) is 0 Å². The van der Waals surface area contributed by atoms with Crippen LogP contribution in [0, 0.1) is 11.7 Å². The van der Waals surface area contributed by atoms with Gasteiger partial charge in [-0.15, -0.1) is 0 Å². The Kier molecular flexibility index (Phi) is 5.17. The van der Waals surface area contributed by atoms with Crippen LogP contribution in [0.1, 0.15) is 23.2 Å². The van der Waals surface area contributed by atoms with Crippen LogP contribution in [0.2, 0.25) is 5.02 Å². The highest BCUT2D eigenvalue weighted by Gasteiger charge is 2.22. The number of halogens is 2. The third-order valence-corrected chi connectivity index (χ3v) is 4.84. The molecule has 2 N–H and O–H groups in total. The quantitative estimate of drug-likeness (QED) is 0.914. The summed E-state index contributed by atoms with van der Waals surface area (Å²) in [5.41, 5.74) is 7.51. The topological polar surface area (TPSA) is 46.3 Å². The number of carbonyl (C=O) groups is 1. The molecule has 2 aromatic carbocycles. The third kappa shape index (κ3) is 3.60. The summed E-state index contributed by atoms with van der Waals surface area (Å²) in [4.78, 5) is 14.4. The van der Waals surface area contributed by atoms with Crippen LogP contribution in [0.3, 0.4) is 0 Å². The lowest BCUT2D eigenvalue weighted by molar-refractivity contribution is 0.0693. The van der Waals surface area contributed by atoms with Crippen molar-refractivity contribution in [2.75, 3.05) is 19.6 Å². The van der Waals surface area contributed by atoms with Gasteiger partial charge in [0.05, 0.1) is 0 Å². The van der Waals surface area contributed by atoms with E-state index in [9.17, 15) is 9.18 Å². The Labute approximate surface area is 146 Å². The van der Waals surface area contributed by atoms with Crippen molar-refractivity contribution in [2.45, 2.75) is 12.8 Å². The molecule has 1 amide bonds. The van der Waals surface area contributed by atoms with Crippen molar-refractivity contribution in [3.8, 4) is 11.1 Å². The van der Waals surface area contributed by atoms with Crippen LogP contribution in [0.15, 0.2) is 42.5 Å². The third-order valence-electron chi connectivity index (χ3n) is 4.61. The molecule has 0 unspecified atom stereocenters. The van der Waals surface area contributed by atoms with E-state index in [2.05, 4.69) is 0 Å². The molecular formula is C19H20ClFN2O. The van der Waals surface area contributed by atoms with E-state index in [1.165, 1.54) is 6.07 Å². The number of amides is 1. The van der Waals surface area contributed by atoms with E-state index in [1.54, 1.807) is 36.4 Å². The van der Waals surface area contributed by atoms with Gasteiger partial charge in [-0.1, -0.05) is 23.7 Å². The first kappa shape index (κ1) is 16.9. The fourth-order valence-electron chi connectivity index (χ4n) is 3.07. The predicted octanol–water partition coefficient (Wildman–Crippen LogP) is 3.96. The lowest BCUT2D eigenvalue weighted by Gasteiger charge is -2.31. The number of rotatable bonds is 3. The second-order valence-corrected chi connectivity index (χ2v) is 6.61. The van der Waals surface area contributed by atoms with Gasteiger partial charge in [0.15, 0.2) is 0 Å². The van der Waals surface area contributed by atoms with Crippen molar-refractivity contribution in [1.82, 2.24) is 4.90 Å². The van der Waals surface area contributed by atoms with Gasteiger partial charge in [0.1, 0.15) is 5.82 Å². The van der Waals surface area contributed by atoms with Crippen LogP contribution in [-0.2, 0) is 0 Å². The normalized spacial score (nSPS) is 15.5. The zero-order valence-corrected chi connectivity index (χ0v) is 14.1. The monoisotopic (exact) mass is 346 g/mol. The van der Waals surface area contributed by atoms with Crippen LogP contribution in [0.25, 0.3) is 11.1 Å². The molecule has 1 saturated heterocycles. The van der Waals surface area contributed by atoms with Crippen molar-refractivity contribution in [3.05, 3.63) is 58.9 Å². The summed E-state index contributed by atoms with van der Waals surface area (Å²) in [6.07, 6.45) is 1.91. The summed E-state index contributed by atoms with van der Waals surface area (Å²) in [6, 6.07) is 11.6. The first-order valence-corrected chi connectivity index (χ1v) is 8.51. The molecule has 126 valence electrons. The molecule has 0 saturated carbocycles. The maximum Gasteiger partial charge on any atom is 0.253 e. The Balaban J connectivity index is 1.73. The summed E-state index contributed by atoms with van der Waals surface area (Å²) in [6.45, 7) is 2.17. The van der Waals surface area contributed by atoms with E-state index in [4.69, 9.17) is 17.3 Å². The van der Waals surface area contributed by atoms with E-state index in [0.29, 0.717) is 28.6 Å². The Morgan fingerprint density at radius 1 is 1.17 bits per heavy atom. The highest BCUT2D eigenvalue weighted by molar-refractivity contribution is 6.30. The number of nitrogens with two attached hydrogens (primary N) is 1. The summed E-state index contributed by atoms with van der Waals surface area (Å²) >= 11 is 5.78. The molecule has 5 heteroatoms. The van der Waals surface area contributed by atoms with Gasteiger partial charge in [-0.25, -0.2) is 4.39 Å². The molecule has 1 heterocycles. The smallest absolute Gasteiger partial charge is 0.253 e. The zero-order valence-electron chi connectivity index (χ0n) is 13.3. The average molecular weight is 347 g/mol. The van der Waals surface area contributed by atoms with Crippen molar-refractivity contribution in [3.63, 3.8) is 0 Å². The SMILES string of the molecule is NCC1CCN(C(=O)c2ccc(-c3ccc(Cl)cc3F)cc2)CC1. The summed E-state index contributed by atoms with van der Waals surface area (Å²) in [5.74, 6) is 0.170. The Hall–Kier alpha value is -1.91. The lowest BCUT2D eigenvalue weighted by Crippen LogP contribution is -2.40. The number of carbonyl (C=O) groups excluding carboxylic acids is 1. The predicted molar refractivity (Wildman–Crippen MR) is 94.5 cm³/mol. The van der Waals surface area contributed by atoms with Gasteiger partial charge in [0, 0.05) is 29.2 Å². The second kappa shape index (κ2) is 7.32. The highest BCUT2D eigenvalue weighted by Crippen LogP contribution is 2.26. The Morgan fingerprint density at radius 3 is 2.42 bits per heavy atom. The minimum absolute atomic E-state index is 0.0219. The minimum atomic E-state index is -0.370. The molecule has 0 aromatic heterocycles. The molecule has 1 fully saturated rings. The molecule has 0 bridgehead atoms. The van der Waals surface area contributed by atoms with E-state index in [-0.39, 0.29) is 11.7 Å². The maximum atomic E-state index is 14.0. The number of likely N-dealkylation sites (tertiary alicyclic amines) is 1. The van der Waals surface area contributed by atoms with Gasteiger partial charge in [-0.3, -0.25) is 4.79 Å². The van der Waals surface area contributed by atoms with Crippen molar-refractivity contribution in [2.24, 2.45) is 11.7 Å². The maximum absolute atomic E-state index is 14.0. The number of hydrogen-bond donors (Lipinski definition) is 1. The molecule has 0 aliphatic carbocycles. The number of piperidine rings is 1. The average Bonchev–Trinajstić information content (AvgIpc) is 2.61. The van der Waals surface area contributed by atoms with Gasteiger partial charge in [0.25, 0.3) is 5.91 Å². The van der Waals surface area contributed by atoms with Crippen LogP contribution in [-0.4, -0.2) is 30.4 Å². The first-order valence-electron chi connectivity index (χ1n) is 8.13. The zero-order chi connectivity index (χ0) is 17.1. The Bertz CT molecular complexity index is 725. The molecule has 0 radical (unpaired) electrons. The van der Waals surface area contributed by atoms with Crippen LogP contribution in [0.5, 0.6) is 0 Å². The molecule has 1 aliphatic rings. The lowest BCUT2D eigenvalue weighted by atomic mass is 9.96. The van der Waals surface area contributed by atoms with E-state index >= 15 is 0 Å². The molecule has 0 atom stereocenters. The van der Waals surface area contributed by atoms with E-state index < -0.39 is 0 Å². The van der Waals surface area contributed by atoms with E-state index in [1.807, 2.05) is 4.90 Å².